The average Bonchev–Trinajstić information content (AvgIpc) is 3.22. The van der Waals surface area contributed by atoms with Crippen molar-refractivity contribution in [3.05, 3.63) is 35.9 Å². The molecule has 2 fully saturated rings. The number of guanidine groups is 1. The van der Waals surface area contributed by atoms with E-state index < -0.39 is 0 Å². The minimum absolute atomic E-state index is 0. The molecule has 0 bridgehead atoms. The molecule has 0 heterocycles. The van der Waals surface area contributed by atoms with Gasteiger partial charge in [-0.05, 0) is 31.7 Å². The van der Waals surface area contributed by atoms with E-state index in [0.29, 0.717) is 24.7 Å². The van der Waals surface area contributed by atoms with Crippen LogP contribution in [0.3, 0.4) is 0 Å². The average molecular weight is 514 g/mol. The molecule has 3 rings (SSSR count). The van der Waals surface area contributed by atoms with Crippen molar-refractivity contribution >= 4 is 35.8 Å². The maximum atomic E-state index is 12.0. The molecule has 2 saturated carbocycles. The minimum atomic E-state index is 0. The predicted octanol–water partition coefficient (Wildman–Crippen LogP) is 3.17. The monoisotopic (exact) mass is 514 g/mol. The first-order chi connectivity index (χ1) is 13.5. The van der Waals surface area contributed by atoms with Crippen LogP contribution in [-0.4, -0.2) is 56.2 Å². The molecule has 1 aromatic carbocycles. The zero-order valence-corrected chi connectivity index (χ0v) is 20.1. The van der Waals surface area contributed by atoms with Crippen LogP contribution in [-0.2, 0) is 16.1 Å². The Bertz CT molecular complexity index is 675. The lowest BCUT2D eigenvalue weighted by Crippen LogP contribution is -2.65. The van der Waals surface area contributed by atoms with Gasteiger partial charge in [-0.3, -0.25) is 4.79 Å². The summed E-state index contributed by atoms with van der Waals surface area (Å²) in [4.78, 5) is 18.4. The highest BCUT2D eigenvalue weighted by Crippen LogP contribution is 2.54. The summed E-state index contributed by atoms with van der Waals surface area (Å²) in [5, 5.41) is 6.86. The lowest BCUT2D eigenvalue weighted by molar-refractivity contribution is -0.128. The van der Waals surface area contributed by atoms with Crippen LogP contribution in [0.5, 0.6) is 0 Å². The second-order valence-corrected chi connectivity index (χ2v) is 8.11. The van der Waals surface area contributed by atoms with Crippen LogP contribution in [0.25, 0.3) is 0 Å². The minimum Gasteiger partial charge on any atom is -0.378 e. The zero-order chi connectivity index (χ0) is 20.0. The van der Waals surface area contributed by atoms with Crippen molar-refractivity contribution in [2.24, 2.45) is 10.4 Å². The molecule has 2 aliphatic carbocycles. The highest BCUT2D eigenvalue weighted by molar-refractivity contribution is 14.0. The van der Waals surface area contributed by atoms with Crippen molar-refractivity contribution in [1.82, 2.24) is 15.5 Å². The Morgan fingerprint density at radius 3 is 2.55 bits per heavy atom. The standard InChI is InChI=1S/C22H34N4O2.HI/c1-4-28-19-14-18(22(19)12-8-9-13-22)25-21(24-16-20(27)26(2)3)23-15-17-10-6-5-7-11-17;/h5-7,10-11,18-19H,4,8-9,12-16H2,1-3H3,(H2,23,24,25);1H. The summed E-state index contributed by atoms with van der Waals surface area (Å²) < 4.78 is 6.03. The first-order valence-corrected chi connectivity index (χ1v) is 10.5. The van der Waals surface area contributed by atoms with Gasteiger partial charge in [-0.25, -0.2) is 4.99 Å². The Labute approximate surface area is 191 Å². The van der Waals surface area contributed by atoms with Crippen molar-refractivity contribution in [2.45, 2.75) is 57.7 Å². The fourth-order valence-electron chi connectivity index (χ4n) is 4.48. The normalized spacial score (nSPS) is 22.5. The van der Waals surface area contributed by atoms with Gasteiger partial charge in [-0.2, -0.15) is 0 Å². The number of hydrogen-bond donors (Lipinski definition) is 2. The zero-order valence-electron chi connectivity index (χ0n) is 17.8. The highest BCUT2D eigenvalue weighted by Gasteiger charge is 2.56. The quantitative estimate of drug-likeness (QED) is 0.334. The molecule has 1 amide bonds. The summed E-state index contributed by atoms with van der Waals surface area (Å²) >= 11 is 0. The van der Waals surface area contributed by atoms with Gasteiger partial charge < -0.3 is 20.3 Å². The van der Waals surface area contributed by atoms with Crippen LogP contribution < -0.4 is 10.6 Å². The number of carbonyl (C=O) groups excluding carboxylic acids is 1. The Kier molecular flexibility index (Phi) is 9.20. The smallest absolute Gasteiger partial charge is 0.241 e. The van der Waals surface area contributed by atoms with Crippen molar-refractivity contribution in [1.29, 1.82) is 0 Å². The number of amides is 1. The van der Waals surface area contributed by atoms with E-state index >= 15 is 0 Å². The second kappa shape index (κ2) is 11.2. The van der Waals surface area contributed by atoms with Crippen LogP contribution in [0.4, 0.5) is 0 Å². The van der Waals surface area contributed by atoms with Crippen LogP contribution >= 0.6 is 24.0 Å². The Hall–Kier alpha value is -1.35. The molecule has 0 saturated heterocycles. The van der Waals surface area contributed by atoms with Gasteiger partial charge in [0.25, 0.3) is 0 Å². The Morgan fingerprint density at radius 1 is 1.24 bits per heavy atom. The number of nitrogens with zero attached hydrogens (tertiary/aromatic N) is 2. The van der Waals surface area contributed by atoms with E-state index in [4.69, 9.17) is 9.73 Å². The number of halogens is 1. The topological polar surface area (TPSA) is 66.0 Å². The number of ether oxygens (including phenoxy) is 1. The molecule has 2 unspecified atom stereocenters. The van der Waals surface area contributed by atoms with Crippen molar-refractivity contribution < 1.29 is 9.53 Å². The van der Waals surface area contributed by atoms with E-state index in [1.54, 1.807) is 19.0 Å². The van der Waals surface area contributed by atoms with Gasteiger partial charge in [-0.1, -0.05) is 43.2 Å². The molecule has 1 spiro atoms. The molecule has 0 aliphatic heterocycles. The third kappa shape index (κ3) is 5.84. The van der Waals surface area contributed by atoms with E-state index in [-0.39, 0.29) is 41.8 Å². The maximum Gasteiger partial charge on any atom is 0.241 e. The van der Waals surface area contributed by atoms with E-state index in [1.807, 2.05) is 18.2 Å². The molecule has 0 aromatic heterocycles. The number of rotatable bonds is 7. The van der Waals surface area contributed by atoms with Gasteiger partial charge in [0, 0.05) is 32.2 Å². The van der Waals surface area contributed by atoms with Crippen molar-refractivity contribution in [2.75, 3.05) is 27.2 Å². The predicted molar refractivity (Wildman–Crippen MR) is 128 cm³/mol. The summed E-state index contributed by atoms with van der Waals surface area (Å²) in [7, 11) is 3.54. The molecular weight excluding hydrogens is 479 g/mol. The number of benzene rings is 1. The van der Waals surface area contributed by atoms with E-state index in [0.717, 1.165) is 18.6 Å². The summed E-state index contributed by atoms with van der Waals surface area (Å²) in [5.41, 5.74) is 1.37. The number of likely N-dealkylation sites (N-methyl/N-ethyl adjacent to an activating group) is 1. The lowest BCUT2D eigenvalue weighted by Gasteiger charge is -2.54. The molecule has 2 atom stereocenters. The van der Waals surface area contributed by atoms with Crippen molar-refractivity contribution in [3.8, 4) is 0 Å². The molecule has 29 heavy (non-hydrogen) atoms. The van der Waals surface area contributed by atoms with E-state index in [1.165, 1.54) is 25.7 Å². The third-order valence-electron chi connectivity index (χ3n) is 6.17. The molecule has 6 nitrogen and oxygen atoms in total. The summed E-state index contributed by atoms with van der Waals surface area (Å²) in [5.74, 6) is 0.746. The molecule has 1 aromatic rings. The van der Waals surface area contributed by atoms with Gasteiger partial charge in [0.15, 0.2) is 5.96 Å². The highest BCUT2D eigenvalue weighted by atomic mass is 127. The van der Waals surface area contributed by atoms with Gasteiger partial charge in [0.05, 0.1) is 19.2 Å². The number of hydrogen-bond acceptors (Lipinski definition) is 3. The fraction of sp³-hybridized carbons (Fsp3) is 0.636. The van der Waals surface area contributed by atoms with Crippen LogP contribution in [0, 0.1) is 5.41 Å². The van der Waals surface area contributed by atoms with E-state index in [9.17, 15) is 4.79 Å². The Balaban J connectivity index is 0.00000300. The third-order valence-corrected chi connectivity index (χ3v) is 6.17. The van der Waals surface area contributed by atoms with Crippen molar-refractivity contribution in [3.63, 3.8) is 0 Å². The van der Waals surface area contributed by atoms with Gasteiger partial charge >= 0.3 is 0 Å². The fourth-order valence-corrected chi connectivity index (χ4v) is 4.48. The first-order valence-electron chi connectivity index (χ1n) is 10.5. The lowest BCUT2D eigenvalue weighted by atomic mass is 9.60. The SMILES string of the molecule is CCOC1CC(NC(=NCc2ccccc2)NCC(=O)N(C)C)C12CCCC2.I. The molecule has 0 radical (unpaired) electrons. The Morgan fingerprint density at radius 2 is 1.93 bits per heavy atom. The van der Waals surface area contributed by atoms with Gasteiger partial charge in [0.1, 0.15) is 0 Å². The molecular formula is C22H35IN4O2. The largest absolute Gasteiger partial charge is 0.378 e. The van der Waals surface area contributed by atoms with Crippen LogP contribution in [0.15, 0.2) is 35.3 Å². The first kappa shape index (κ1) is 23.9. The molecule has 7 heteroatoms. The maximum absolute atomic E-state index is 12.0. The molecule has 2 aliphatic rings. The van der Waals surface area contributed by atoms with Gasteiger partial charge in [-0.15, -0.1) is 24.0 Å². The molecule has 162 valence electrons. The van der Waals surface area contributed by atoms with Crippen LogP contribution in [0.2, 0.25) is 0 Å². The molecule has 2 N–H and O–H groups in total. The summed E-state index contributed by atoms with van der Waals surface area (Å²) in [6.45, 7) is 3.66. The number of aliphatic imine (C=N–C) groups is 1. The van der Waals surface area contributed by atoms with Gasteiger partial charge in [0.2, 0.25) is 5.91 Å². The van der Waals surface area contributed by atoms with E-state index in [2.05, 4.69) is 29.7 Å². The summed E-state index contributed by atoms with van der Waals surface area (Å²) in [6, 6.07) is 10.5. The summed E-state index contributed by atoms with van der Waals surface area (Å²) in [6.07, 6.45) is 6.30. The number of carbonyl (C=O) groups is 1. The van der Waals surface area contributed by atoms with Crippen LogP contribution in [0.1, 0.15) is 44.6 Å². The second-order valence-electron chi connectivity index (χ2n) is 8.11. The number of nitrogens with one attached hydrogen (secondary N) is 2.